The molecule has 0 N–H and O–H groups in total. The first-order chi connectivity index (χ1) is 34.8. The van der Waals surface area contributed by atoms with Gasteiger partial charge in [0.2, 0.25) is 0 Å². The summed E-state index contributed by atoms with van der Waals surface area (Å²) >= 11 is 0. The van der Waals surface area contributed by atoms with E-state index < -0.39 is 0 Å². The lowest BCUT2D eigenvalue weighted by atomic mass is 9.79. The lowest BCUT2D eigenvalue weighted by Crippen LogP contribution is -2.15. The summed E-state index contributed by atoms with van der Waals surface area (Å²) in [5, 5.41) is 5.31. The molecule has 0 aliphatic heterocycles. The smallest absolute Gasteiger partial charge is 0.0620 e. The SMILES string of the molecule is CCC(CCCC(C)c1ccc(-c2ccc(N(c3ccc4c(c3)CC4)c3ccc4c(c3)CC4)cc2)cc1)c1ccc2c(c1)C(C)(C)c1cc(-c3cc4c5ccccc5n5c6ccccc6c(c3)c45)ccc1-2. The van der Waals surface area contributed by atoms with E-state index in [2.05, 4.69) is 219 Å². The Balaban J connectivity index is 0.662. The molecule has 2 heteroatoms. The number of aromatic nitrogens is 1. The average molecular weight is 917 g/mol. The number of hydrogen-bond donors (Lipinski definition) is 0. The third-order valence-electron chi connectivity index (χ3n) is 17.6. The molecule has 0 saturated heterocycles. The molecular formula is C69H60N2. The van der Waals surface area contributed by atoms with Crippen LogP contribution in [-0.4, -0.2) is 4.40 Å². The van der Waals surface area contributed by atoms with Gasteiger partial charge in [-0.1, -0.05) is 149 Å². The molecule has 346 valence electrons. The molecule has 0 amide bonds. The van der Waals surface area contributed by atoms with Gasteiger partial charge in [-0.15, -0.1) is 0 Å². The van der Waals surface area contributed by atoms with Gasteiger partial charge in [-0.05, 0) is 201 Å². The average Bonchev–Trinajstić information content (AvgIpc) is 3.99. The monoisotopic (exact) mass is 916 g/mol. The number of nitrogens with zero attached hydrogens (tertiary/aromatic N) is 2. The number of anilines is 3. The molecule has 0 saturated carbocycles. The lowest BCUT2D eigenvalue weighted by molar-refractivity contribution is 0.528. The number of benzene rings is 9. The highest BCUT2D eigenvalue weighted by Crippen LogP contribution is 2.52. The molecule has 3 aliphatic carbocycles. The number of hydrogen-bond acceptors (Lipinski definition) is 1. The zero-order valence-electron chi connectivity index (χ0n) is 41.5. The van der Waals surface area contributed by atoms with E-state index >= 15 is 0 Å². The lowest BCUT2D eigenvalue weighted by Gasteiger charge is -2.30. The van der Waals surface area contributed by atoms with E-state index in [4.69, 9.17) is 0 Å². The molecule has 14 rings (SSSR count). The number of aryl methyl sites for hydroxylation is 4. The van der Waals surface area contributed by atoms with Crippen LogP contribution in [0.3, 0.4) is 0 Å². The summed E-state index contributed by atoms with van der Waals surface area (Å²) in [6.07, 6.45) is 9.55. The first-order valence-corrected chi connectivity index (χ1v) is 26.5. The Morgan fingerprint density at radius 3 is 1.56 bits per heavy atom. The largest absolute Gasteiger partial charge is 0.310 e. The second-order valence-electron chi connectivity index (χ2n) is 21.8. The second-order valence-corrected chi connectivity index (χ2v) is 21.8. The van der Waals surface area contributed by atoms with E-state index in [1.54, 1.807) is 0 Å². The van der Waals surface area contributed by atoms with Crippen molar-refractivity contribution in [3.8, 4) is 33.4 Å². The Bertz CT molecular complexity index is 3740. The van der Waals surface area contributed by atoms with Gasteiger partial charge in [-0.25, -0.2) is 0 Å². The van der Waals surface area contributed by atoms with E-state index in [1.165, 1.54) is 178 Å². The molecule has 11 aromatic rings. The van der Waals surface area contributed by atoms with Gasteiger partial charge in [0, 0.05) is 44.0 Å². The van der Waals surface area contributed by atoms with E-state index in [0.717, 1.165) is 6.42 Å². The van der Waals surface area contributed by atoms with Crippen LogP contribution < -0.4 is 4.90 Å². The van der Waals surface area contributed by atoms with Crippen molar-refractivity contribution in [3.63, 3.8) is 0 Å². The third kappa shape index (κ3) is 6.74. The Morgan fingerprint density at radius 1 is 0.465 bits per heavy atom. The van der Waals surface area contributed by atoms with Crippen molar-refractivity contribution < 1.29 is 0 Å². The van der Waals surface area contributed by atoms with Crippen molar-refractivity contribution in [1.82, 2.24) is 4.40 Å². The molecule has 0 bridgehead atoms. The molecule has 2 atom stereocenters. The summed E-state index contributed by atoms with van der Waals surface area (Å²) in [7, 11) is 0. The van der Waals surface area contributed by atoms with Crippen molar-refractivity contribution in [2.24, 2.45) is 0 Å². The van der Waals surface area contributed by atoms with Crippen LogP contribution in [0.25, 0.3) is 71.5 Å². The molecule has 0 radical (unpaired) electrons. The van der Waals surface area contributed by atoms with E-state index in [-0.39, 0.29) is 5.41 Å². The molecule has 9 aromatic carbocycles. The minimum atomic E-state index is -0.0905. The van der Waals surface area contributed by atoms with E-state index in [9.17, 15) is 0 Å². The van der Waals surface area contributed by atoms with Crippen LogP contribution in [-0.2, 0) is 31.1 Å². The second kappa shape index (κ2) is 16.3. The predicted molar refractivity (Wildman–Crippen MR) is 301 cm³/mol. The first kappa shape index (κ1) is 42.5. The summed E-state index contributed by atoms with van der Waals surface area (Å²) in [4.78, 5) is 2.45. The van der Waals surface area contributed by atoms with Gasteiger partial charge in [-0.2, -0.15) is 0 Å². The Hall–Kier alpha value is -7.42. The van der Waals surface area contributed by atoms with Gasteiger partial charge in [0.15, 0.2) is 0 Å². The minimum Gasteiger partial charge on any atom is -0.310 e. The summed E-state index contributed by atoms with van der Waals surface area (Å²) in [5.74, 6) is 1.06. The standard InChI is InChI=1S/C69H60N2/c1-5-44(12-10-11-43(2)45-17-19-46(20-18-45)47-25-31-55(32-26-47)70(56-33-27-48-21-23-50(48)37-56)57-34-28-49-22-24-51(49)38-57)52-29-35-58-59-36-30-53(42-65(59)69(3,4)64(58)41-52)54-39-62-60-13-6-8-15-66(60)71-67-16-9-7-14-61(67)63(40-54)68(62)71/h6-9,13-20,25-44H,5,10-12,21-24H2,1-4H3. The maximum atomic E-state index is 2.57. The Morgan fingerprint density at radius 2 is 0.986 bits per heavy atom. The highest BCUT2D eigenvalue weighted by molar-refractivity contribution is 6.24. The number of rotatable bonds is 12. The van der Waals surface area contributed by atoms with Crippen molar-refractivity contribution >= 4 is 55.2 Å². The molecule has 2 heterocycles. The van der Waals surface area contributed by atoms with Crippen molar-refractivity contribution in [3.05, 3.63) is 226 Å². The summed E-state index contributed by atoms with van der Waals surface area (Å²) in [6.45, 7) is 9.68. The summed E-state index contributed by atoms with van der Waals surface area (Å²) < 4.78 is 2.47. The van der Waals surface area contributed by atoms with Gasteiger partial charge in [0.05, 0.1) is 16.6 Å². The third-order valence-corrected chi connectivity index (χ3v) is 17.6. The molecule has 2 unspecified atom stereocenters. The van der Waals surface area contributed by atoms with Gasteiger partial charge < -0.3 is 9.30 Å². The van der Waals surface area contributed by atoms with Crippen LogP contribution in [0.2, 0.25) is 0 Å². The quantitative estimate of drug-likeness (QED) is 0.118. The zero-order chi connectivity index (χ0) is 47.5. The van der Waals surface area contributed by atoms with E-state index in [0.29, 0.717) is 11.8 Å². The fourth-order valence-electron chi connectivity index (χ4n) is 13.1. The molecule has 0 fully saturated rings. The summed E-state index contributed by atoms with van der Waals surface area (Å²) in [5.41, 5.74) is 27.2. The van der Waals surface area contributed by atoms with Crippen LogP contribution >= 0.6 is 0 Å². The van der Waals surface area contributed by atoms with E-state index in [1.807, 2.05) is 0 Å². The first-order valence-electron chi connectivity index (χ1n) is 26.5. The van der Waals surface area contributed by atoms with Gasteiger partial charge in [0.25, 0.3) is 0 Å². The zero-order valence-corrected chi connectivity index (χ0v) is 41.5. The van der Waals surface area contributed by atoms with Crippen LogP contribution in [0, 0.1) is 0 Å². The molecule has 3 aliphatic rings. The topological polar surface area (TPSA) is 7.65 Å². The van der Waals surface area contributed by atoms with Crippen molar-refractivity contribution in [2.75, 3.05) is 4.90 Å². The number of fused-ring (bicyclic) bond motifs is 11. The Kier molecular flexibility index (Phi) is 9.76. The maximum Gasteiger partial charge on any atom is 0.0620 e. The fourth-order valence-corrected chi connectivity index (χ4v) is 13.1. The molecule has 2 nitrogen and oxygen atoms in total. The van der Waals surface area contributed by atoms with Crippen LogP contribution in [0.4, 0.5) is 17.1 Å². The highest BCUT2D eigenvalue weighted by Gasteiger charge is 2.36. The predicted octanol–water partition coefficient (Wildman–Crippen LogP) is 18.6. The van der Waals surface area contributed by atoms with Crippen LogP contribution in [0.15, 0.2) is 182 Å². The summed E-state index contributed by atoms with van der Waals surface area (Å²) in [6, 6.07) is 70.1. The Labute approximate surface area is 418 Å². The van der Waals surface area contributed by atoms with Gasteiger partial charge in [0.1, 0.15) is 0 Å². The minimum absolute atomic E-state index is 0.0905. The molecular weight excluding hydrogens is 857 g/mol. The fraction of sp³-hybridized carbons (Fsp3) is 0.217. The van der Waals surface area contributed by atoms with Crippen molar-refractivity contribution in [2.45, 2.75) is 96.3 Å². The highest BCUT2D eigenvalue weighted by atomic mass is 15.1. The normalized spacial score (nSPS) is 15.0. The van der Waals surface area contributed by atoms with Crippen LogP contribution in [0.5, 0.6) is 0 Å². The maximum absolute atomic E-state index is 2.57. The molecule has 0 spiro atoms. The van der Waals surface area contributed by atoms with Crippen LogP contribution in [0.1, 0.15) is 110 Å². The van der Waals surface area contributed by atoms with Gasteiger partial charge in [-0.3, -0.25) is 0 Å². The van der Waals surface area contributed by atoms with Gasteiger partial charge >= 0.3 is 0 Å². The van der Waals surface area contributed by atoms with Crippen molar-refractivity contribution in [1.29, 1.82) is 0 Å². The molecule has 71 heavy (non-hydrogen) atoms. The number of para-hydroxylation sites is 2. The molecule has 2 aromatic heterocycles.